The van der Waals surface area contributed by atoms with E-state index < -0.39 is 11.6 Å². The summed E-state index contributed by atoms with van der Waals surface area (Å²) in [6.07, 6.45) is 0. The Labute approximate surface area is 211 Å². The van der Waals surface area contributed by atoms with Gasteiger partial charge in [0.1, 0.15) is 29.3 Å². The first-order valence-electron chi connectivity index (χ1n) is 10.4. The molecule has 5 aromatic rings. The summed E-state index contributed by atoms with van der Waals surface area (Å²) in [6, 6.07) is 19.5. The fraction of sp³-hybridized carbons (Fsp3) is 0. The molecule has 0 amide bonds. The quantitative estimate of drug-likeness (QED) is 0.313. The Hall–Kier alpha value is -4.86. The molecule has 0 saturated carbocycles. The molecule has 36 heavy (non-hydrogen) atoms. The third-order valence-corrected chi connectivity index (χ3v) is 7.54. The van der Waals surface area contributed by atoms with E-state index >= 15 is 0 Å². The molecule has 0 aliphatic carbocycles. The van der Waals surface area contributed by atoms with Crippen LogP contribution in [0.25, 0.3) is 31.3 Å². The summed E-state index contributed by atoms with van der Waals surface area (Å²) >= 11 is 2.72. The van der Waals surface area contributed by atoms with Crippen LogP contribution in [0, 0.1) is 57.0 Å². The predicted molar refractivity (Wildman–Crippen MR) is 135 cm³/mol. The number of thiophene rings is 2. The van der Waals surface area contributed by atoms with Gasteiger partial charge < -0.3 is 0 Å². The van der Waals surface area contributed by atoms with Gasteiger partial charge in [-0.15, -0.1) is 22.7 Å². The van der Waals surface area contributed by atoms with Crippen LogP contribution in [0.15, 0.2) is 59.3 Å². The van der Waals surface area contributed by atoms with Crippen molar-refractivity contribution in [3.63, 3.8) is 0 Å². The van der Waals surface area contributed by atoms with Gasteiger partial charge in [0.05, 0.1) is 23.3 Å². The number of rotatable bonds is 2. The topological polar surface area (TPSA) is 95.2 Å². The van der Waals surface area contributed by atoms with Gasteiger partial charge in [0.15, 0.2) is 0 Å². The van der Waals surface area contributed by atoms with Crippen LogP contribution in [-0.4, -0.2) is 0 Å². The summed E-state index contributed by atoms with van der Waals surface area (Å²) < 4.78 is 30.3. The number of fused-ring (bicyclic) bond motifs is 2. The third kappa shape index (κ3) is 3.68. The Morgan fingerprint density at radius 1 is 0.639 bits per heavy atom. The van der Waals surface area contributed by atoms with Crippen molar-refractivity contribution in [2.45, 2.75) is 0 Å². The van der Waals surface area contributed by atoms with Crippen molar-refractivity contribution < 1.29 is 8.78 Å². The van der Waals surface area contributed by atoms with Crippen LogP contribution in [0.3, 0.4) is 0 Å². The molecule has 3 aromatic carbocycles. The highest BCUT2D eigenvalue weighted by atomic mass is 32.1. The van der Waals surface area contributed by atoms with Gasteiger partial charge in [-0.2, -0.15) is 21.0 Å². The van der Waals surface area contributed by atoms with Crippen molar-refractivity contribution in [2.24, 2.45) is 0 Å². The Balaban J connectivity index is 2.15. The maximum absolute atomic E-state index is 14.5. The van der Waals surface area contributed by atoms with Crippen LogP contribution in [0.4, 0.5) is 8.78 Å². The van der Waals surface area contributed by atoms with Gasteiger partial charge in [-0.3, -0.25) is 0 Å². The van der Waals surface area contributed by atoms with Crippen LogP contribution in [0.1, 0.15) is 22.3 Å². The zero-order valence-electron chi connectivity index (χ0n) is 18.1. The molecule has 0 fully saturated rings. The zero-order valence-corrected chi connectivity index (χ0v) is 19.8. The van der Waals surface area contributed by atoms with Crippen LogP contribution in [-0.2, 0) is 0 Å². The lowest BCUT2D eigenvalue weighted by molar-refractivity contribution is 0.582. The molecule has 0 saturated heterocycles. The average Bonchev–Trinajstić information content (AvgIpc) is 3.55. The molecular weight excluding hydrogens is 494 g/mol. The molecule has 5 rings (SSSR count). The fourth-order valence-corrected chi connectivity index (χ4v) is 6.27. The van der Waals surface area contributed by atoms with Gasteiger partial charge in [0, 0.05) is 36.7 Å². The maximum atomic E-state index is 14.5. The molecule has 8 heteroatoms. The lowest BCUT2D eigenvalue weighted by atomic mass is 9.91. The van der Waals surface area contributed by atoms with Crippen molar-refractivity contribution in [2.75, 3.05) is 0 Å². The second-order valence-electron chi connectivity index (χ2n) is 7.73. The molecule has 2 heterocycles. The highest BCUT2D eigenvalue weighted by Crippen LogP contribution is 2.30. The molecule has 0 unspecified atom stereocenters. The second-order valence-corrected chi connectivity index (χ2v) is 9.56. The molecule has 2 aromatic heterocycles. The van der Waals surface area contributed by atoms with E-state index in [9.17, 15) is 29.8 Å². The number of hydrogen-bond donors (Lipinski definition) is 0. The van der Waals surface area contributed by atoms with Gasteiger partial charge in [-0.05, 0) is 69.9 Å². The molecule has 0 aliphatic heterocycles. The molecule has 0 N–H and O–H groups in total. The standard InChI is InChI=1S/C28H10F2N4S2/c29-20-8-18(9-21(30)10-20)24(17-6-15(11-31)5-16(7-17)12-32)26-23-2-4-35-27(23)25(19(13-33)14-34)22-1-3-36-28(22)26/h1-10H/b26-24-. The predicted octanol–water partition coefficient (Wildman–Crippen LogP) is 5.58. The number of halogens is 2. The smallest absolute Gasteiger partial charge is 0.138 e. The number of hydrogen-bond acceptors (Lipinski definition) is 6. The lowest BCUT2D eigenvalue weighted by Crippen LogP contribution is -2.17. The molecule has 0 radical (unpaired) electrons. The van der Waals surface area contributed by atoms with Crippen molar-refractivity contribution >= 4 is 54.0 Å². The van der Waals surface area contributed by atoms with E-state index in [1.54, 1.807) is 12.1 Å². The second kappa shape index (κ2) is 9.06. The van der Waals surface area contributed by atoms with E-state index in [2.05, 4.69) is 0 Å². The summed E-state index contributed by atoms with van der Waals surface area (Å²) in [5.41, 5.74) is 1.52. The molecule has 168 valence electrons. The lowest BCUT2D eigenvalue weighted by Gasteiger charge is -2.13. The van der Waals surface area contributed by atoms with E-state index in [4.69, 9.17) is 0 Å². The van der Waals surface area contributed by atoms with Gasteiger partial charge in [0.2, 0.25) is 0 Å². The molecule has 0 spiro atoms. The van der Waals surface area contributed by atoms with Crippen molar-refractivity contribution in [1.82, 2.24) is 0 Å². The first-order valence-corrected chi connectivity index (χ1v) is 12.1. The first kappa shape index (κ1) is 22.9. The Morgan fingerprint density at radius 2 is 1.14 bits per heavy atom. The Bertz CT molecular complexity index is 1900. The normalized spacial score (nSPS) is 11.4. The van der Waals surface area contributed by atoms with Crippen molar-refractivity contribution in [1.29, 1.82) is 21.0 Å². The summed E-state index contributed by atoms with van der Waals surface area (Å²) in [7, 11) is 0. The van der Waals surface area contributed by atoms with Crippen LogP contribution < -0.4 is 10.4 Å². The van der Waals surface area contributed by atoms with Gasteiger partial charge >= 0.3 is 0 Å². The van der Waals surface area contributed by atoms with Gasteiger partial charge in [0.25, 0.3) is 0 Å². The molecule has 4 nitrogen and oxygen atoms in total. The van der Waals surface area contributed by atoms with Crippen LogP contribution >= 0.6 is 22.7 Å². The Morgan fingerprint density at radius 3 is 1.67 bits per heavy atom. The summed E-state index contributed by atoms with van der Waals surface area (Å²) in [6.45, 7) is 0. The SMILES string of the molecule is N#CC(C#N)=c1c2ccsc2/c(=C(\c2cc(F)cc(F)c2)c2cc(C#N)cc(C#N)c2)c2ccsc12. The first-order chi connectivity index (χ1) is 17.5. The minimum absolute atomic E-state index is 0.0333. The summed E-state index contributed by atoms with van der Waals surface area (Å²) in [5, 5.41) is 44.6. The minimum Gasteiger partial charge on any atom is -0.207 e. The van der Waals surface area contributed by atoms with E-state index in [0.717, 1.165) is 6.07 Å². The van der Waals surface area contributed by atoms with Crippen LogP contribution in [0.5, 0.6) is 0 Å². The van der Waals surface area contributed by atoms with E-state index in [0.29, 0.717) is 41.7 Å². The molecule has 0 atom stereocenters. The van der Waals surface area contributed by atoms with E-state index in [-0.39, 0.29) is 22.3 Å². The molecular formula is C28H10F2N4S2. The number of nitrogens with zero attached hydrogens (tertiary/aromatic N) is 4. The van der Waals surface area contributed by atoms with E-state index in [1.807, 2.05) is 47.2 Å². The maximum Gasteiger partial charge on any atom is 0.138 e. The third-order valence-electron chi connectivity index (χ3n) is 5.68. The van der Waals surface area contributed by atoms with Crippen molar-refractivity contribution in [3.8, 4) is 24.3 Å². The monoisotopic (exact) mass is 504 g/mol. The molecule has 0 bridgehead atoms. The Kier molecular flexibility index (Phi) is 5.77. The highest BCUT2D eigenvalue weighted by molar-refractivity contribution is 7.18. The number of benzene rings is 3. The highest BCUT2D eigenvalue weighted by Gasteiger charge is 2.18. The van der Waals surface area contributed by atoms with E-state index in [1.165, 1.54) is 40.9 Å². The number of nitriles is 4. The van der Waals surface area contributed by atoms with Crippen LogP contribution in [0.2, 0.25) is 0 Å². The summed E-state index contributed by atoms with van der Waals surface area (Å²) in [5.74, 6) is -1.55. The fourth-order valence-electron chi connectivity index (χ4n) is 4.33. The zero-order chi connectivity index (χ0) is 25.4. The minimum atomic E-state index is -0.773. The largest absolute Gasteiger partial charge is 0.207 e. The molecule has 0 aliphatic rings. The van der Waals surface area contributed by atoms with Gasteiger partial charge in [-0.25, -0.2) is 8.78 Å². The average molecular weight is 505 g/mol. The summed E-state index contributed by atoms with van der Waals surface area (Å²) in [4.78, 5) is 0. The van der Waals surface area contributed by atoms with Gasteiger partial charge in [-0.1, -0.05) is 0 Å². The van der Waals surface area contributed by atoms with Crippen molar-refractivity contribution in [3.05, 3.63) is 104 Å².